The lowest BCUT2D eigenvalue weighted by Crippen LogP contribution is -2.46. The molecule has 1 aromatic heterocycles. The standard InChI is InChI=1S/C17H31N3/c1-6-16(7-2)20(12-13(3)4)17(14(5)18)15-9-8-10-19-11-15/h8-11,13-14,16-17H,6-7,12,18H2,1-5H3. The van der Waals surface area contributed by atoms with Crippen LogP contribution in [0.25, 0.3) is 0 Å². The van der Waals surface area contributed by atoms with E-state index in [2.05, 4.69) is 50.6 Å². The highest BCUT2D eigenvalue weighted by Gasteiger charge is 2.29. The van der Waals surface area contributed by atoms with Crippen LogP contribution in [-0.2, 0) is 0 Å². The maximum Gasteiger partial charge on any atom is 0.0514 e. The lowest BCUT2D eigenvalue weighted by molar-refractivity contribution is 0.0953. The van der Waals surface area contributed by atoms with Gasteiger partial charge in [-0.15, -0.1) is 0 Å². The van der Waals surface area contributed by atoms with Crippen molar-refractivity contribution in [3.63, 3.8) is 0 Å². The summed E-state index contributed by atoms with van der Waals surface area (Å²) >= 11 is 0. The summed E-state index contributed by atoms with van der Waals surface area (Å²) in [5.41, 5.74) is 7.55. The molecule has 0 bridgehead atoms. The minimum Gasteiger partial charge on any atom is -0.326 e. The molecule has 3 heteroatoms. The van der Waals surface area contributed by atoms with Gasteiger partial charge < -0.3 is 5.73 Å². The SMILES string of the molecule is CCC(CC)N(CC(C)C)C(c1cccnc1)C(C)N. The van der Waals surface area contributed by atoms with E-state index >= 15 is 0 Å². The van der Waals surface area contributed by atoms with Gasteiger partial charge in [-0.3, -0.25) is 9.88 Å². The van der Waals surface area contributed by atoms with E-state index in [-0.39, 0.29) is 12.1 Å². The van der Waals surface area contributed by atoms with E-state index in [0.29, 0.717) is 12.0 Å². The Morgan fingerprint density at radius 3 is 2.25 bits per heavy atom. The maximum absolute atomic E-state index is 6.32. The highest BCUT2D eigenvalue weighted by Crippen LogP contribution is 2.28. The summed E-state index contributed by atoms with van der Waals surface area (Å²) in [6.07, 6.45) is 6.11. The van der Waals surface area contributed by atoms with Gasteiger partial charge in [-0.2, -0.15) is 0 Å². The third-order valence-corrected chi connectivity index (χ3v) is 3.87. The number of nitrogens with two attached hydrogens (primary N) is 1. The van der Waals surface area contributed by atoms with Crippen molar-refractivity contribution in [1.82, 2.24) is 9.88 Å². The molecular weight excluding hydrogens is 246 g/mol. The molecule has 0 aliphatic rings. The van der Waals surface area contributed by atoms with Gasteiger partial charge in [-0.1, -0.05) is 33.8 Å². The van der Waals surface area contributed by atoms with E-state index in [9.17, 15) is 0 Å². The summed E-state index contributed by atoms with van der Waals surface area (Å²) < 4.78 is 0. The summed E-state index contributed by atoms with van der Waals surface area (Å²) in [5, 5.41) is 0. The minimum absolute atomic E-state index is 0.0959. The predicted octanol–water partition coefficient (Wildman–Crippen LogP) is 3.62. The fourth-order valence-electron chi connectivity index (χ4n) is 3.02. The lowest BCUT2D eigenvalue weighted by Gasteiger charge is -2.40. The number of aromatic nitrogens is 1. The van der Waals surface area contributed by atoms with Gasteiger partial charge in [0.15, 0.2) is 0 Å². The van der Waals surface area contributed by atoms with Crippen LogP contribution < -0.4 is 5.73 Å². The van der Waals surface area contributed by atoms with Crippen LogP contribution in [0.4, 0.5) is 0 Å². The molecule has 20 heavy (non-hydrogen) atoms. The molecule has 0 aromatic carbocycles. The second kappa shape index (κ2) is 8.38. The van der Waals surface area contributed by atoms with Crippen molar-refractivity contribution in [2.45, 2.75) is 65.6 Å². The second-order valence-electron chi connectivity index (χ2n) is 6.15. The molecule has 0 radical (unpaired) electrons. The van der Waals surface area contributed by atoms with Gasteiger partial charge in [0.1, 0.15) is 0 Å². The van der Waals surface area contributed by atoms with Gasteiger partial charge >= 0.3 is 0 Å². The van der Waals surface area contributed by atoms with Gasteiger partial charge in [-0.05, 0) is 37.3 Å². The zero-order valence-corrected chi connectivity index (χ0v) is 13.7. The molecule has 3 nitrogen and oxygen atoms in total. The number of nitrogens with zero attached hydrogens (tertiary/aromatic N) is 2. The van der Waals surface area contributed by atoms with Crippen LogP contribution in [-0.4, -0.2) is 28.5 Å². The average Bonchev–Trinajstić information content (AvgIpc) is 2.40. The van der Waals surface area contributed by atoms with Crippen LogP contribution in [0.1, 0.15) is 59.1 Å². The molecule has 0 amide bonds. The molecule has 0 saturated carbocycles. The monoisotopic (exact) mass is 277 g/mol. The Hall–Kier alpha value is -0.930. The summed E-state index contributed by atoms with van der Waals surface area (Å²) in [5.74, 6) is 0.633. The molecule has 0 fully saturated rings. The van der Waals surface area contributed by atoms with Crippen LogP contribution in [0, 0.1) is 5.92 Å². The van der Waals surface area contributed by atoms with Gasteiger partial charge in [0, 0.05) is 31.0 Å². The molecule has 1 heterocycles. The summed E-state index contributed by atoms with van der Waals surface area (Å²) in [6, 6.07) is 5.07. The Labute approximate surface area is 124 Å². The normalized spacial score (nSPS) is 15.1. The Kier molecular flexibility index (Phi) is 7.17. The Morgan fingerprint density at radius 2 is 1.85 bits per heavy atom. The van der Waals surface area contributed by atoms with E-state index in [1.165, 1.54) is 5.56 Å². The topological polar surface area (TPSA) is 42.2 Å². The third kappa shape index (κ3) is 4.57. The molecule has 1 aromatic rings. The van der Waals surface area contributed by atoms with Crippen molar-refractivity contribution in [1.29, 1.82) is 0 Å². The second-order valence-corrected chi connectivity index (χ2v) is 6.15. The predicted molar refractivity (Wildman–Crippen MR) is 86.5 cm³/mol. The number of rotatable bonds is 8. The van der Waals surface area contributed by atoms with E-state index < -0.39 is 0 Å². The van der Waals surface area contributed by atoms with E-state index in [4.69, 9.17) is 5.73 Å². The molecule has 114 valence electrons. The van der Waals surface area contributed by atoms with E-state index in [1.54, 1.807) is 0 Å². The van der Waals surface area contributed by atoms with Crippen molar-refractivity contribution in [3.8, 4) is 0 Å². The molecule has 0 spiro atoms. The van der Waals surface area contributed by atoms with Crippen LogP contribution >= 0.6 is 0 Å². The number of pyridine rings is 1. The first kappa shape index (κ1) is 17.1. The molecule has 2 unspecified atom stereocenters. The molecule has 0 saturated heterocycles. The van der Waals surface area contributed by atoms with E-state index in [0.717, 1.165) is 19.4 Å². The largest absolute Gasteiger partial charge is 0.326 e. The van der Waals surface area contributed by atoms with Gasteiger partial charge in [0.2, 0.25) is 0 Å². The number of hydrogen-bond acceptors (Lipinski definition) is 3. The summed E-state index contributed by atoms with van der Waals surface area (Å²) in [4.78, 5) is 6.87. The smallest absolute Gasteiger partial charge is 0.0514 e. The minimum atomic E-state index is 0.0959. The first-order chi connectivity index (χ1) is 9.51. The molecule has 2 atom stereocenters. The maximum atomic E-state index is 6.32. The fourth-order valence-corrected chi connectivity index (χ4v) is 3.02. The van der Waals surface area contributed by atoms with Gasteiger partial charge in [-0.25, -0.2) is 0 Å². The average molecular weight is 277 g/mol. The fraction of sp³-hybridized carbons (Fsp3) is 0.706. The van der Waals surface area contributed by atoms with Crippen LogP contribution in [0.2, 0.25) is 0 Å². The summed E-state index contributed by atoms with van der Waals surface area (Å²) in [7, 11) is 0. The molecule has 2 N–H and O–H groups in total. The molecule has 0 aliphatic carbocycles. The third-order valence-electron chi connectivity index (χ3n) is 3.87. The zero-order chi connectivity index (χ0) is 15.1. The van der Waals surface area contributed by atoms with Crippen molar-refractivity contribution in [2.75, 3.05) is 6.54 Å². The highest BCUT2D eigenvalue weighted by molar-refractivity contribution is 5.16. The van der Waals surface area contributed by atoms with Crippen molar-refractivity contribution < 1.29 is 0 Å². The Morgan fingerprint density at radius 1 is 1.20 bits per heavy atom. The quantitative estimate of drug-likeness (QED) is 0.789. The van der Waals surface area contributed by atoms with Gasteiger partial charge in [0.25, 0.3) is 0 Å². The molecular formula is C17H31N3. The van der Waals surface area contributed by atoms with Crippen LogP contribution in [0.15, 0.2) is 24.5 Å². The summed E-state index contributed by atoms with van der Waals surface area (Å²) in [6.45, 7) is 12.3. The first-order valence-electron chi connectivity index (χ1n) is 7.92. The van der Waals surface area contributed by atoms with Crippen molar-refractivity contribution >= 4 is 0 Å². The van der Waals surface area contributed by atoms with Crippen molar-refractivity contribution in [2.24, 2.45) is 11.7 Å². The van der Waals surface area contributed by atoms with E-state index in [1.807, 2.05) is 18.5 Å². The lowest BCUT2D eigenvalue weighted by atomic mass is 9.95. The Balaban J connectivity index is 3.10. The zero-order valence-electron chi connectivity index (χ0n) is 13.7. The van der Waals surface area contributed by atoms with Crippen LogP contribution in [0.5, 0.6) is 0 Å². The first-order valence-corrected chi connectivity index (χ1v) is 7.92. The molecule has 0 aliphatic heterocycles. The highest BCUT2D eigenvalue weighted by atomic mass is 15.2. The van der Waals surface area contributed by atoms with Crippen molar-refractivity contribution in [3.05, 3.63) is 30.1 Å². The Bertz CT molecular complexity index is 358. The molecule has 1 rings (SSSR count). The van der Waals surface area contributed by atoms with Crippen LogP contribution in [0.3, 0.4) is 0 Å². The van der Waals surface area contributed by atoms with Gasteiger partial charge in [0.05, 0.1) is 6.04 Å². The number of hydrogen-bond donors (Lipinski definition) is 1.